The van der Waals surface area contributed by atoms with E-state index in [1.54, 1.807) is 0 Å². The van der Waals surface area contributed by atoms with E-state index in [1.165, 1.54) is 0 Å². The molecule has 0 bridgehead atoms. The zero-order valence-corrected chi connectivity index (χ0v) is 7.23. The van der Waals surface area contributed by atoms with Gasteiger partial charge in [-0.15, -0.1) is 0 Å². The summed E-state index contributed by atoms with van der Waals surface area (Å²) in [4.78, 5) is 13.4. The number of nitrogens with zero attached hydrogens (tertiary/aromatic N) is 1. The van der Waals surface area contributed by atoms with Gasteiger partial charge < -0.3 is 5.11 Å². The fourth-order valence-corrected chi connectivity index (χ4v) is 1.06. The highest BCUT2D eigenvalue weighted by Crippen LogP contribution is 2.28. The second-order valence-corrected chi connectivity index (χ2v) is 2.66. The van der Waals surface area contributed by atoms with Gasteiger partial charge >= 0.3 is 5.97 Å². The van der Waals surface area contributed by atoms with Crippen molar-refractivity contribution in [3.8, 4) is 0 Å². The molecule has 0 saturated carbocycles. The lowest BCUT2D eigenvalue weighted by molar-refractivity contribution is 0.0688. The Morgan fingerprint density at radius 2 is 2.14 bits per heavy atom. The van der Waals surface area contributed by atoms with E-state index in [4.69, 9.17) is 16.7 Å². The van der Waals surface area contributed by atoms with Crippen molar-refractivity contribution >= 4 is 17.6 Å². The zero-order valence-electron chi connectivity index (χ0n) is 6.47. The standard InChI is InChI=1S/C7H3ClF3NO2/c8-5-4(6(10)11)2(9)1-3(12-5)7(13)14/h1,6H,(H,13,14). The van der Waals surface area contributed by atoms with E-state index < -0.39 is 34.6 Å². The molecule has 0 unspecified atom stereocenters. The van der Waals surface area contributed by atoms with Crippen molar-refractivity contribution in [3.63, 3.8) is 0 Å². The Kier molecular flexibility index (Phi) is 2.95. The smallest absolute Gasteiger partial charge is 0.354 e. The summed E-state index contributed by atoms with van der Waals surface area (Å²) < 4.78 is 37.1. The highest BCUT2D eigenvalue weighted by atomic mass is 35.5. The third-order valence-corrected chi connectivity index (χ3v) is 1.69. The lowest BCUT2D eigenvalue weighted by Crippen LogP contribution is -2.05. The molecule has 0 radical (unpaired) electrons. The van der Waals surface area contributed by atoms with Crippen LogP contribution in [0.4, 0.5) is 13.2 Å². The molecule has 0 aliphatic rings. The van der Waals surface area contributed by atoms with Crippen LogP contribution in [-0.2, 0) is 0 Å². The largest absolute Gasteiger partial charge is 0.477 e. The fourth-order valence-electron chi connectivity index (χ4n) is 0.798. The number of aromatic carboxylic acids is 1. The van der Waals surface area contributed by atoms with Crippen LogP contribution in [0.2, 0.25) is 5.15 Å². The number of carbonyl (C=O) groups is 1. The van der Waals surface area contributed by atoms with Gasteiger partial charge in [0.15, 0.2) is 5.69 Å². The number of pyridine rings is 1. The van der Waals surface area contributed by atoms with E-state index in [0.29, 0.717) is 6.07 Å². The van der Waals surface area contributed by atoms with E-state index in [0.717, 1.165) is 0 Å². The van der Waals surface area contributed by atoms with Gasteiger partial charge in [-0.25, -0.2) is 22.9 Å². The van der Waals surface area contributed by atoms with Gasteiger partial charge in [0.25, 0.3) is 6.43 Å². The van der Waals surface area contributed by atoms with E-state index in [9.17, 15) is 18.0 Å². The normalized spacial score (nSPS) is 10.6. The Balaban J connectivity index is 3.32. The maximum absolute atomic E-state index is 12.9. The average Bonchev–Trinajstić information content (AvgIpc) is 2.01. The van der Waals surface area contributed by atoms with Crippen molar-refractivity contribution < 1.29 is 23.1 Å². The van der Waals surface area contributed by atoms with Gasteiger partial charge in [-0.05, 0) is 0 Å². The minimum absolute atomic E-state index is 0.399. The Morgan fingerprint density at radius 3 is 2.50 bits per heavy atom. The van der Waals surface area contributed by atoms with Crippen LogP contribution < -0.4 is 0 Å². The number of alkyl halides is 2. The molecule has 1 N–H and O–H groups in total. The summed E-state index contributed by atoms with van der Waals surface area (Å²) in [5.41, 5.74) is -1.80. The minimum Gasteiger partial charge on any atom is -0.477 e. The molecular weight excluding hydrogens is 223 g/mol. The maximum atomic E-state index is 12.9. The molecule has 76 valence electrons. The van der Waals surface area contributed by atoms with Crippen LogP contribution in [0.15, 0.2) is 6.07 Å². The number of rotatable bonds is 2. The summed E-state index contributed by atoms with van der Waals surface area (Å²) in [7, 11) is 0. The van der Waals surface area contributed by atoms with Crippen LogP contribution in [0.1, 0.15) is 22.5 Å². The highest BCUT2D eigenvalue weighted by molar-refractivity contribution is 6.30. The molecule has 7 heteroatoms. The first kappa shape index (κ1) is 10.8. The summed E-state index contributed by atoms with van der Waals surface area (Å²) >= 11 is 5.18. The van der Waals surface area contributed by atoms with Crippen molar-refractivity contribution in [2.45, 2.75) is 6.43 Å². The summed E-state index contributed by atoms with van der Waals surface area (Å²) in [5, 5.41) is 7.55. The predicted octanol–water partition coefficient (Wildman–Crippen LogP) is 2.51. The van der Waals surface area contributed by atoms with Crippen molar-refractivity contribution in [2.24, 2.45) is 0 Å². The number of hydrogen-bond donors (Lipinski definition) is 1. The molecule has 1 heterocycles. The molecule has 1 rings (SSSR count). The fraction of sp³-hybridized carbons (Fsp3) is 0.143. The maximum Gasteiger partial charge on any atom is 0.354 e. The highest BCUT2D eigenvalue weighted by Gasteiger charge is 2.21. The summed E-state index contributed by atoms with van der Waals surface area (Å²) in [6, 6.07) is 0.399. The number of carboxylic acid groups (broad SMARTS) is 1. The number of halogens is 4. The van der Waals surface area contributed by atoms with Crippen LogP contribution in [-0.4, -0.2) is 16.1 Å². The molecule has 0 atom stereocenters. The molecule has 0 aliphatic carbocycles. The van der Waals surface area contributed by atoms with Crippen molar-refractivity contribution in [1.82, 2.24) is 4.98 Å². The molecule has 0 fully saturated rings. The van der Waals surface area contributed by atoms with Crippen LogP contribution in [0.3, 0.4) is 0 Å². The van der Waals surface area contributed by atoms with Gasteiger partial charge in [0.05, 0.1) is 5.56 Å². The van der Waals surface area contributed by atoms with Gasteiger partial charge in [-0.2, -0.15) is 0 Å². The minimum atomic E-state index is -3.13. The van der Waals surface area contributed by atoms with Crippen LogP contribution >= 0.6 is 11.6 Å². The first-order valence-corrected chi connectivity index (χ1v) is 3.68. The predicted molar refractivity (Wildman–Crippen MR) is 41.1 cm³/mol. The van der Waals surface area contributed by atoms with Crippen molar-refractivity contribution in [3.05, 3.63) is 28.3 Å². The molecular formula is C7H3ClF3NO2. The Morgan fingerprint density at radius 1 is 1.57 bits per heavy atom. The van der Waals surface area contributed by atoms with E-state index in [1.807, 2.05) is 0 Å². The van der Waals surface area contributed by atoms with E-state index in [2.05, 4.69) is 4.98 Å². The average molecular weight is 226 g/mol. The Bertz CT molecular complexity index is 360. The van der Waals surface area contributed by atoms with Gasteiger partial charge in [0.1, 0.15) is 11.0 Å². The van der Waals surface area contributed by atoms with Crippen molar-refractivity contribution in [1.29, 1.82) is 0 Å². The lowest BCUT2D eigenvalue weighted by Gasteiger charge is -2.04. The Labute approximate surface area is 81.1 Å². The lowest BCUT2D eigenvalue weighted by atomic mass is 10.2. The number of hydrogen-bond acceptors (Lipinski definition) is 2. The zero-order chi connectivity index (χ0) is 10.9. The molecule has 0 spiro atoms. The van der Waals surface area contributed by atoms with Gasteiger partial charge in [0.2, 0.25) is 0 Å². The molecule has 3 nitrogen and oxygen atoms in total. The molecule has 0 saturated heterocycles. The molecule has 1 aromatic rings. The third kappa shape index (κ3) is 1.95. The number of aromatic nitrogens is 1. The van der Waals surface area contributed by atoms with Crippen LogP contribution in [0, 0.1) is 5.82 Å². The topological polar surface area (TPSA) is 50.2 Å². The number of carboxylic acids is 1. The first-order chi connectivity index (χ1) is 6.43. The monoisotopic (exact) mass is 225 g/mol. The third-order valence-electron chi connectivity index (χ3n) is 1.40. The molecule has 1 aromatic heterocycles. The summed E-state index contributed by atoms with van der Waals surface area (Å²) in [6.07, 6.45) is -3.13. The van der Waals surface area contributed by atoms with E-state index in [-0.39, 0.29) is 0 Å². The van der Waals surface area contributed by atoms with Crippen LogP contribution in [0.5, 0.6) is 0 Å². The van der Waals surface area contributed by atoms with Crippen molar-refractivity contribution in [2.75, 3.05) is 0 Å². The first-order valence-electron chi connectivity index (χ1n) is 3.31. The van der Waals surface area contributed by atoms with Gasteiger partial charge in [-0.3, -0.25) is 0 Å². The molecule has 0 amide bonds. The summed E-state index contributed by atoms with van der Waals surface area (Å²) in [6.45, 7) is 0. The molecule has 14 heavy (non-hydrogen) atoms. The second-order valence-electron chi connectivity index (χ2n) is 2.30. The molecule has 0 aliphatic heterocycles. The molecule has 0 aromatic carbocycles. The quantitative estimate of drug-likeness (QED) is 0.787. The van der Waals surface area contributed by atoms with E-state index >= 15 is 0 Å². The SMILES string of the molecule is O=C(O)c1cc(F)c(C(F)F)c(Cl)n1. The van der Waals surface area contributed by atoms with Crippen LogP contribution in [0.25, 0.3) is 0 Å². The summed E-state index contributed by atoms with van der Waals surface area (Å²) in [5.74, 6) is -2.91. The van der Waals surface area contributed by atoms with Gasteiger partial charge in [0, 0.05) is 6.07 Å². The second kappa shape index (κ2) is 3.83. The van der Waals surface area contributed by atoms with Gasteiger partial charge in [-0.1, -0.05) is 11.6 Å². The Hall–Kier alpha value is -1.30.